The van der Waals surface area contributed by atoms with Gasteiger partial charge in [-0.2, -0.15) is 0 Å². The molecule has 0 N–H and O–H groups in total. The summed E-state index contributed by atoms with van der Waals surface area (Å²) in [5, 5.41) is 1.08. The minimum Gasteiger partial charge on any atom is -0.328 e. The predicted molar refractivity (Wildman–Crippen MR) is 95.8 cm³/mol. The van der Waals surface area contributed by atoms with Crippen molar-refractivity contribution in [2.24, 2.45) is 0 Å². The van der Waals surface area contributed by atoms with Gasteiger partial charge in [-0.05, 0) is 43.4 Å². The summed E-state index contributed by atoms with van der Waals surface area (Å²) in [6, 6.07) is 16.6. The molecule has 2 aromatic carbocycles. The van der Waals surface area contributed by atoms with E-state index in [-0.39, 0.29) is 23.8 Å². The highest BCUT2D eigenvalue weighted by Gasteiger charge is 2.37. The van der Waals surface area contributed by atoms with Gasteiger partial charge < -0.3 is 4.90 Å². The Labute approximate surface area is 144 Å². The van der Waals surface area contributed by atoms with Crippen LogP contribution in [0.25, 0.3) is 10.1 Å². The van der Waals surface area contributed by atoms with Crippen molar-refractivity contribution >= 4 is 27.3 Å². The maximum absolute atomic E-state index is 14.2. The molecule has 1 unspecified atom stereocenters. The van der Waals surface area contributed by atoms with Gasteiger partial charge in [0.15, 0.2) is 0 Å². The lowest BCUT2D eigenvalue weighted by Gasteiger charge is -2.29. The molecule has 122 valence electrons. The molecule has 1 saturated carbocycles. The number of nitrogens with zero attached hydrogens (tertiary/aromatic N) is 1. The molecule has 1 heterocycles. The first-order chi connectivity index (χ1) is 11.6. The fourth-order valence-electron chi connectivity index (χ4n) is 3.19. The number of hydrogen-bond acceptors (Lipinski definition) is 2. The van der Waals surface area contributed by atoms with Gasteiger partial charge in [-0.1, -0.05) is 36.4 Å². The second-order valence-corrected chi connectivity index (χ2v) is 7.37. The van der Waals surface area contributed by atoms with Gasteiger partial charge in [0.25, 0.3) is 5.91 Å². The largest absolute Gasteiger partial charge is 0.328 e. The van der Waals surface area contributed by atoms with E-state index in [2.05, 4.69) is 0 Å². The number of hydrogen-bond donors (Lipinski definition) is 0. The van der Waals surface area contributed by atoms with Gasteiger partial charge in [0.2, 0.25) is 0 Å². The van der Waals surface area contributed by atoms with Crippen LogP contribution >= 0.6 is 11.3 Å². The van der Waals surface area contributed by atoms with Crippen LogP contribution in [0.3, 0.4) is 0 Å². The van der Waals surface area contributed by atoms with Crippen LogP contribution in [-0.2, 0) is 0 Å². The van der Waals surface area contributed by atoms with Crippen LogP contribution in [0, 0.1) is 5.82 Å². The summed E-state index contributed by atoms with van der Waals surface area (Å²) in [6.45, 7) is 1.92. The van der Waals surface area contributed by atoms with E-state index in [9.17, 15) is 9.18 Å². The van der Waals surface area contributed by atoms with Gasteiger partial charge in [-0.3, -0.25) is 4.79 Å². The molecule has 2 nitrogen and oxygen atoms in total. The highest BCUT2D eigenvalue weighted by molar-refractivity contribution is 7.20. The normalized spacial score (nSPS) is 15.4. The van der Waals surface area contributed by atoms with Crippen molar-refractivity contribution in [1.29, 1.82) is 0 Å². The van der Waals surface area contributed by atoms with E-state index in [1.807, 2.05) is 48.2 Å². The summed E-state index contributed by atoms with van der Waals surface area (Å²) < 4.78 is 15.3. The number of thiophene rings is 1. The minimum atomic E-state index is -0.267. The monoisotopic (exact) mass is 339 g/mol. The van der Waals surface area contributed by atoms with Crippen LogP contribution in [0.2, 0.25) is 0 Å². The second-order valence-electron chi connectivity index (χ2n) is 6.29. The molecule has 0 spiro atoms. The predicted octanol–water partition coefficient (Wildman–Crippen LogP) is 5.41. The molecule has 24 heavy (non-hydrogen) atoms. The Morgan fingerprint density at radius 1 is 1.17 bits per heavy atom. The van der Waals surface area contributed by atoms with Crippen molar-refractivity contribution in [3.8, 4) is 0 Å². The summed E-state index contributed by atoms with van der Waals surface area (Å²) in [6.07, 6.45) is 1.99. The maximum atomic E-state index is 14.2. The van der Waals surface area contributed by atoms with Gasteiger partial charge in [0.1, 0.15) is 5.82 Å². The average molecular weight is 339 g/mol. The number of halogens is 1. The molecule has 1 fully saturated rings. The molecule has 1 aliphatic carbocycles. The van der Waals surface area contributed by atoms with E-state index < -0.39 is 0 Å². The standard InChI is InChI=1S/C20H18FNOS/c1-13(16-7-3-4-8-17(16)21)22(15-10-11-15)20(23)19-12-14-6-2-5-9-18(14)24-19/h2-9,12-13,15H,10-11H2,1H3. The fourth-order valence-corrected chi connectivity index (χ4v) is 4.20. The number of carbonyl (C=O) groups is 1. The Balaban J connectivity index is 1.70. The van der Waals surface area contributed by atoms with Crippen molar-refractivity contribution in [3.63, 3.8) is 0 Å². The van der Waals surface area contributed by atoms with Gasteiger partial charge in [0, 0.05) is 16.3 Å². The van der Waals surface area contributed by atoms with Crippen molar-refractivity contribution in [2.75, 3.05) is 0 Å². The number of amides is 1. The zero-order valence-electron chi connectivity index (χ0n) is 13.4. The molecule has 1 amide bonds. The molecule has 4 rings (SSSR count). The Morgan fingerprint density at radius 2 is 1.88 bits per heavy atom. The van der Waals surface area contributed by atoms with Crippen molar-refractivity contribution < 1.29 is 9.18 Å². The van der Waals surface area contributed by atoms with Crippen molar-refractivity contribution in [2.45, 2.75) is 31.8 Å². The molecule has 0 saturated heterocycles. The Morgan fingerprint density at radius 3 is 2.58 bits per heavy atom. The molecular formula is C20H18FNOS. The first-order valence-electron chi connectivity index (χ1n) is 8.21. The van der Waals surface area contributed by atoms with Crippen LogP contribution in [0.4, 0.5) is 4.39 Å². The van der Waals surface area contributed by atoms with Gasteiger partial charge >= 0.3 is 0 Å². The number of benzene rings is 2. The third-order valence-corrected chi connectivity index (χ3v) is 5.69. The topological polar surface area (TPSA) is 20.3 Å². The minimum absolute atomic E-state index is 0.00875. The quantitative estimate of drug-likeness (QED) is 0.623. The van der Waals surface area contributed by atoms with Crippen LogP contribution in [-0.4, -0.2) is 16.8 Å². The molecule has 3 aromatic rings. The maximum Gasteiger partial charge on any atom is 0.264 e. The molecule has 1 aliphatic rings. The second kappa shape index (κ2) is 6.02. The average Bonchev–Trinajstić information content (AvgIpc) is 3.32. The molecule has 1 aromatic heterocycles. The molecule has 0 radical (unpaired) electrons. The highest BCUT2D eigenvalue weighted by atomic mass is 32.1. The summed E-state index contributed by atoms with van der Waals surface area (Å²) in [5.74, 6) is -0.241. The first kappa shape index (κ1) is 15.3. The third-order valence-electron chi connectivity index (χ3n) is 4.58. The first-order valence-corrected chi connectivity index (χ1v) is 9.02. The van der Waals surface area contributed by atoms with E-state index in [1.54, 1.807) is 12.1 Å². The van der Waals surface area contributed by atoms with E-state index in [0.717, 1.165) is 27.8 Å². The van der Waals surface area contributed by atoms with Crippen molar-refractivity contribution in [3.05, 3.63) is 70.9 Å². The van der Waals surface area contributed by atoms with Crippen LogP contribution in [0.1, 0.15) is 41.0 Å². The van der Waals surface area contributed by atoms with Gasteiger partial charge in [-0.15, -0.1) is 11.3 Å². The molecule has 0 bridgehead atoms. The lowest BCUT2D eigenvalue weighted by atomic mass is 10.1. The molecule has 4 heteroatoms. The van der Waals surface area contributed by atoms with Crippen LogP contribution in [0.5, 0.6) is 0 Å². The van der Waals surface area contributed by atoms with Crippen LogP contribution in [0.15, 0.2) is 54.6 Å². The van der Waals surface area contributed by atoms with E-state index in [4.69, 9.17) is 0 Å². The van der Waals surface area contributed by atoms with Gasteiger partial charge in [0.05, 0.1) is 10.9 Å². The van der Waals surface area contributed by atoms with E-state index in [1.165, 1.54) is 17.4 Å². The Bertz CT molecular complexity index is 866. The number of carbonyl (C=O) groups excluding carboxylic acids is 1. The SMILES string of the molecule is CC(c1ccccc1F)N(C(=O)c1cc2ccccc2s1)C1CC1. The fraction of sp³-hybridized carbons (Fsp3) is 0.250. The Kier molecular flexibility index (Phi) is 3.85. The summed E-state index contributed by atoms with van der Waals surface area (Å²) in [5.41, 5.74) is 0.582. The molecule has 0 aliphatic heterocycles. The van der Waals surface area contributed by atoms with E-state index in [0.29, 0.717) is 5.56 Å². The number of fused-ring (bicyclic) bond motifs is 1. The molecule has 1 atom stereocenters. The lowest BCUT2D eigenvalue weighted by molar-refractivity contribution is 0.0676. The third kappa shape index (κ3) is 2.71. The zero-order chi connectivity index (χ0) is 16.7. The van der Waals surface area contributed by atoms with Gasteiger partial charge in [-0.25, -0.2) is 4.39 Å². The van der Waals surface area contributed by atoms with Crippen molar-refractivity contribution in [1.82, 2.24) is 4.90 Å². The summed E-state index contributed by atoms with van der Waals surface area (Å²) in [7, 11) is 0. The zero-order valence-corrected chi connectivity index (χ0v) is 14.2. The molecular weight excluding hydrogens is 321 g/mol. The van der Waals surface area contributed by atoms with E-state index >= 15 is 0 Å². The smallest absolute Gasteiger partial charge is 0.264 e. The Hall–Kier alpha value is -2.20. The lowest BCUT2D eigenvalue weighted by Crippen LogP contribution is -2.35. The summed E-state index contributed by atoms with van der Waals surface area (Å²) >= 11 is 1.51. The number of rotatable bonds is 4. The summed E-state index contributed by atoms with van der Waals surface area (Å²) in [4.78, 5) is 15.7. The van der Waals surface area contributed by atoms with Crippen LogP contribution < -0.4 is 0 Å². The highest BCUT2D eigenvalue weighted by Crippen LogP contribution is 2.38.